The van der Waals surface area contributed by atoms with Crippen molar-refractivity contribution >= 4 is 35.3 Å². The zero-order valence-corrected chi connectivity index (χ0v) is 18.4. The molecule has 4 rings (SSSR count). The van der Waals surface area contributed by atoms with Crippen molar-refractivity contribution < 1.29 is 18.9 Å². The molecule has 3 aromatic rings. The predicted molar refractivity (Wildman–Crippen MR) is 123 cm³/mol. The summed E-state index contributed by atoms with van der Waals surface area (Å²) >= 11 is 1.52. The second-order valence-corrected chi connectivity index (χ2v) is 8.70. The van der Waals surface area contributed by atoms with Gasteiger partial charge in [0.15, 0.2) is 5.82 Å². The molecule has 164 valence electrons. The zero-order valence-electron chi connectivity index (χ0n) is 17.6. The molecule has 1 aliphatic heterocycles. The number of carbonyl (C=O) groups excluding carboxylic acids is 3. The predicted octanol–water partition coefficient (Wildman–Crippen LogP) is 4.47. The van der Waals surface area contributed by atoms with Crippen molar-refractivity contribution in [2.75, 3.05) is 17.6 Å². The second-order valence-electron chi connectivity index (χ2n) is 7.49. The van der Waals surface area contributed by atoms with Gasteiger partial charge in [0.2, 0.25) is 5.91 Å². The van der Waals surface area contributed by atoms with Crippen molar-refractivity contribution in [3.63, 3.8) is 0 Å². The molecule has 3 amide bonds. The van der Waals surface area contributed by atoms with Crippen molar-refractivity contribution in [1.29, 1.82) is 0 Å². The number of amides is 3. The van der Waals surface area contributed by atoms with Crippen LogP contribution in [0, 0.1) is 6.92 Å². The van der Waals surface area contributed by atoms with Crippen LogP contribution in [-0.2, 0) is 4.79 Å². The number of nitrogens with zero attached hydrogens (tertiary/aromatic N) is 2. The number of hydrogen-bond acceptors (Lipinski definition) is 6. The minimum absolute atomic E-state index is 0.171. The van der Waals surface area contributed by atoms with Gasteiger partial charge in [0, 0.05) is 12.6 Å². The Bertz CT molecular complexity index is 1090. The fourth-order valence-electron chi connectivity index (χ4n) is 3.58. The van der Waals surface area contributed by atoms with E-state index in [2.05, 4.69) is 10.5 Å². The fourth-order valence-corrected chi connectivity index (χ4v) is 4.75. The van der Waals surface area contributed by atoms with Gasteiger partial charge < -0.3 is 9.84 Å². The van der Waals surface area contributed by atoms with Gasteiger partial charge in [0.1, 0.15) is 11.0 Å². The smallest absolute Gasteiger partial charge is 0.261 e. The lowest BCUT2D eigenvalue weighted by atomic mass is 10.1. The van der Waals surface area contributed by atoms with Crippen LogP contribution in [-0.4, -0.2) is 40.1 Å². The summed E-state index contributed by atoms with van der Waals surface area (Å²) in [7, 11) is 0. The third-order valence-corrected chi connectivity index (χ3v) is 6.50. The Morgan fingerprint density at radius 2 is 1.69 bits per heavy atom. The van der Waals surface area contributed by atoms with Crippen LogP contribution in [0.2, 0.25) is 0 Å². The van der Waals surface area contributed by atoms with Crippen molar-refractivity contribution in [1.82, 2.24) is 10.1 Å². The largest absolute Gasteiger partial charge is 0.360 e. The van der Waals surface area contributed by atoms with Crippen LogP contribution in [0.1, 0.15) is 50.1 Å². The van der Waals surface area contributed by atoms with Crippen molar-refractivity contribution in [3.05, 3.63) is 83.1 Å². The van der Waals surface area contributed by atoms with E-state index in [1.807, 2.05) is 30.3 Å². The summed E-state index contributed by atoms with van der Waals surface area (Å²) in [6.07, 6.45) is 1.43. The molecule has 1 unspecified atom stereocenters. The number of imide groups is 1. The van der Waals surface area contributed by atoms with Crippen molar-refractivity contribution in [2.45, 2.75) is 25.0 Å². The number of thioether (sulfide) groups is 1. The van der Waals surface area contributed by atoms with E-state index in [-0.39, 0.29) is 17.7 Å². The molecule has 8 heteroatoms. The van der Waals surface area contributed by atoms with Gasteiger partial charge in [-0.3, -0.25) is 19.3 Å². The highest BCUT2D eigenvalue weighted by Crippen LogP contribution is 2.31. The van der Waals surface area contributed by atoms with Gasteiger partial charge in [-0.05, 0) is 43.2 Å². The first-order valence-corrected chi connectivity index (χ1v) is 11.5. The molecule has 0 aliphatic carbocycles. The van der Waals surface area contributed by atoms with Crippen LogP contribution >= 0.6 is 11.8 Å². The summed E-state index contributed by atoms with van der Waals surface area (Å²) < 4.78 is 5.02. The van der Waals surface area contributed by atoms with E-state index < -0.39 is 5.25 Å². The zero-order chi connectivity index (χ0) is 22.5. The third kappa shape index (κ3) is 4.75. The standard InChI is InChI=1S/C24H23N3O4S/c1-16-15-20(26-31-16)25-22(28)21(17-9-3-2-4-10-17)32-14-8-7-13-27-23(29)18-11-5-6-12-19(18)24(27)30/h2-6,9-12,15,21H,7-8,13-14H2,1H3,(H,25,26,28). The van der Waals surface area contributed by atoms with E-state index in [4.69, 9.17) is 4.52 Å². The van der Waals surface area contributed by atoms with Gasteiger partial charge in [-0.2, -0.15) is 0 Å². The average Bonchev–Trinajstić information content (AvgIpc) is 3.32. The van der Waals surface area contributed by atoms with Gasteiger partial charge in [-0.1, -0.05) is 47.6 Å². The number of fused-ring (bicyclic) bond motifs is 1. The van der Waals surface area contributed by atoms with Gasteiger partial charge in [-0.25, -0.2) is 0 Å². The number of unbranched alkanes of at least 4 members (excludes halogenated alkanes) is 1. The molecule has 0 saturated carbocycles. The number of benzene rings is 2. The van der Waals surface area contributed by atoms with Crippen LogP contribution in [0.25, 0.3) is 0 Å². The summed E-state index contributed by atoms with van der Waals surface area (Å²) in [5, 5.41) is 6.23. The van der Waals surface area contributed by atoms with E-state index in [1.54, 1.807) is 37.3 Å². The molecule has 1 N–H and O–H groups in total. The quantitative estimate of drug-likeness (QED) is 0.383. The third-order valence-electron chi connectivity index (χ3n) is 5.16. The first-order valence-electron chi connectivity index (χ1n) is 10.4. The van der Waals surface area contributed by atoms with Crippen molar-refractivity contribution in [3.8, 4) is 0 Å². The Morgan fingerprint density at radius 3 is 2.31 bits per heavy atom. The molecule has 0 spiro atoms. The maximum atomic E-state index is 12.9. The van der Waals surface area contributed by atoms with Gasteiger partial charge in [-0.15, -0.1) is 11.8 Å². The molecule has 0 bridgehead atoms. The lowest BCUT2D eigenvalue weighted by Gasteiger charge is -2.17. The number of rotatable bonds is 9. The molecule has 1 aromatic heterocycles. The van der Waals surface area contributed by atoms with E-state index >= 15 is 0 Å². The molecular weight excluding hydrogens is 426 g/mol. The van der Waals surface area contributed by atoms with Crippen molar-refractivity contribution in [2.24, 2.45) is 0 Å². The molecule has 1 aliphatic rings. The first kappa shape index (κ1) is 21.8. The first-order chi connectivity index (χ1) is 15.5. The van der Waals surface area contributed by atoms with E-state index in [0.717, 1.165) is 12.0 Å². The Hall–Kier alpha value is -3.39. The maximum Gasteiger partial charge on any atom is 0.261 e. The SMILES string of the molecule is Cc1cc(NC(=O)C(SCCCCN2C(=O)c3ccccc3C2=O)c2ccccc2)no1. The maximum absolute atomic E-state index is 12.9. The molecule has 2 aromatic carbocycles. The van der Waals surface area contributed by atoms with E-state index in [0.29, 0.717) is 41.4 Å². The van der Waals surface area contributed by atoms with Crippen LogP contribution in [0.3, 0.4) is 0 Å². The van der Waals surface area contributed by atoms with Crippen LogP contribution < -0.4 is 5.32 Å². The van der Waals surface area contributed by atoms with E-state index in [9.17, 15) is 14.4 Å². The minimum Gasteiger partial charge on any atom is -0.360 e. The number of nitrogens with one attached hydrogen (secondary N) is 1. The van der Waals surface area contributed by atoms with Gasteiger partial charge in [0.05, 0.1) is 11.1 Å². The van der Waals surface area contributed by atoms with Crippen LogP contribution in [0.15, 0.2) is 65.2 Å². The Morgan fingerprint density at radius 1 is 1.03 bits per heavy atom. The highest BCUT2D eigenvalue weighted by Gasteiger charge is 2.34. The number of aromatic nitrogens is 1. The summed E-state index contributed by atoms with van der Waals surface area (Å²) in [6.45, 7) is 2.13. The molecule has 1 atom stereocenters. The molecule has 32 heavy (non-hydrogen) atoms. The fraction of sp³-hybridized carbons (Fsp3) is 0.250. The number of anilines is 1. The lowest BCUT2D eigenvalue weighted by molar-refractivity contribution is -0.115. The molecule has 0 fully saturated rings. The monoisotopic (exact) mass is 449 g/mol. The summed E-state index contributed by atoms with van der Waals surface area (Å²) in [4.78, 5) is 39.1. The Labute approximate surface area is 190 Å². The van der Waals surface area contributed by atoms with Crippen LogP contribution in [0.4, 0.5) is 5.82 Å². The number of carbonyl (C=O) groups is 3. The molecule has 7 nitrogen and oxygen atoms in total. The summed E-state index contributed by atoms with van der Waals surface area (Å²) in [5.74, 6) is 1.07. The lowest BCUT2D eigenvalue weighted by Crippen LogP contribution is -2.30. The molecule has 2 heterocycles. The molecule has 0 radical (unpaired) electrons. The number of aryl methyl sites for hydroxylation is 1. The Balaban J connectivity index is 1.31. The number of hydrogen-bond donors (Lipinski definition) is 1. The normalized spacial score (nSPS) is 13.8. The summed E-state index contributed by atoms with van der Waals surface area (Å²) in [5.41, 5.74) is 1.84. The topological polar surface area (TPSA) is 92.5 Å². The second kappa shape index (κ2) is 9.82. The Kier molecular flexibility index (Phi) is 6.70. The van der Waals surface area contributed by atoms with Gasteiger partial charge in [0.25, 0.3) is 11.8 Å². The van der Waals surface area contributed by atoms with Gasteiger partial charge >= 0.3 is 0 Å². The molecule has 0 saturated heterocycles. The summed E-state index contributed by atoms with van der Waals surface area (Å²) in [6, 6.07) is 18.1. The highest BCUT2D eigenvalue weighted by molar-refractivity contribution is 8.00. The van der Waals surface area contributed by atoms with E-state index in [1.165, 1.54) is 16.7 Å². The average molecular weight is 450 g/mol. The minimum atomic E-state index is -0.410. The highest BCUT2D eigenvalue weighted by atomic mass is 32.2. The van der Waals surface area contributed by atoms with Crippen LogP contribution in [0.5, 0.6) is 0 Å². The molecular formula is C24H23N3O4S.